The Bertz CT molecular complexity index is 980. The molecule has 0 radical (unpaired) electrons. The molecule has 2 rings (SSSR count). The Balaban J connectivity index is 1.84. The van der Waals surface area contributed by atoms with Crippen LogP contribution in [-0.4, -0.2) is 46.9 Å². The Hall–Kier alpha value is -2.45. The van der Waals surface area contributed by atoms with Crippen molar-refractivity contribution >= 4 is 33.2 Å². The molecule has 1 N–H and O–H groups in total. The Kier molecular flexibility index (Phi) is 9.00. The van der Waals surface area contributed by atoms with Crippen molar-refractivity contribution in [2.75, 3.05) is 30.8 Å². The molecule has 0 heterocycles. The van der Waals surface area contributed by atoms with E-state index in [1.165, 1.54) is 4.31 Å². The van der Waals surface area contributed by atoms with Crippen molar-refractivity contribution < 1.29 is 22.7 Å². The van der Waals surface area contributed by atoms with Crippen LogP contribution in [0.3, 0.4) is 0 Å². The molecule has 0 fully saturated rings. The van der Waals surface area contributed by atoms with Gasteiger partial charge in [-0.15, -0.1) is 0 Å². The van der Waals surface area contributed by atoms with E-state index < -0.39 is 10.0 Å². The lowest BCUT2D eigenvalue weighted by molar-refractivity contribution is -0.121. The Labute approximate surface area is 189 Å². The molecule has 1 amide bonds. The van der Waals surface area contributed by atoms with E-state index in [1.807, 2.05) is 6.92 Å². The summed E-state index contributed by atoms with van der Waals surface area (Å²) >= 11 is 6.14. The molecule has 0 spiro atoms. The maximum atomic E-state index is 12.3. The zero-order chi connectivity index (χ0) is 23.0. The molecule has 0 aliphatic heterocycles. The van der Waals surface area contributed by atoms with E-state index in [4.69, 9.17) is 21.1 Å². The number of ether oxygens (including phenoxy) is 2. The number of sulfonamides is 1. The maximum Gasteiger partial charge on any atom is 0.232 e. The van der Waals surface area contributed by atoms with Gasteiger partial charge in [-0.25, -0.2) is 8.42 Å². The quantitative estimate of drug-likeness (QED) is 0.542. The van der Waals surface area contributed by atoms with E-state index in [0.29, 0.717) is 35.1 Å². The van der Waals surface area contributed by atoms with E-state index in [0.717, 1.165) is 12.0 Å². The Morgan fingerprint density at radius 1 is 1.16 bits per heavy atom. The average Bonchev–Trinajstić information content (AvgIpc) is 2.71. The molecule has 1 atom stereocenters. The number of rotatable bonds is 11. The molecule has 0 aliphatic rings. The van der Waals surface area contributed by atoms with Gasteiger partial charge in [0.2, 0.25) is 15.9 Å². The van der Waals surface area contributed by atoms with Gasteiger partial charge in [-0.3, -0.25) is 9.10 Å². The zero-order valence-electron chi connectivity index (χ0n) is 18.2. The number of nitrogens with zero attached hydrogens (tertiary/aromatic N) is 1. The molecular formula is C22H29ClN2O5S. The summed E-state index contributed by atoms with van der Waals surface area (Å²) in [6.45, 7) is 4.12. The summed E-state index contributed by atoms with van der Waals surface area (Å²) in [5, 5.41) is 3.36. The highest BCUT2D eigenvalue weighted by Crippen LogP contribution is 2.28. The second-order valence-electron chi connectivity index (χ2n) is 7.28. The molecule has 0 aromatic heterocycles. The molecule has 0 aliphatic carbocycles. The third-order valence-corrected chi connectivity index (χ3v) is 6.23. The van der Waals surface area contributed by atoms with Crippen LogP contribution in [-0.2, 0) is 14.8 Å². The first-order chi connectivity index (χ1) is 14.6. The van der Waals surface area contributed by atoms with E-state index >= 15 is 0 Å². The van der Waals surface area contributed by atoms with Gasteiger partial charge in [0.15, 0.2) is 0 Å². The van der Waals surface area contributed by atoms with Gasteiger partial charge in [-0.1, -0.05) is 17.7 Å². The molecule has 170 valence electrons. The first-order valence-electron chi connectivity index (χ1n) is 9.91. The van der Waals surface area contributed by atoms with E-state index in [9.17, 15) is 13.2 Å². The first kappa shape index (κ1) is 24.8. The van der Waals surface area contributed by atoms with Crippen LogP contribution in [0.25, 0.3) is 0 Å². The number of methoxy groups -OCH3 is 1. The lowest BCUT2D eigenvalue weighted by atomic mass is 10.2. The summed E-state index contributed by atoms with van der Waals surface area (Å²) in [5.74, 6) is 1.26. The maximum absolute atomic E-state index is 12.3. The number of nitrogens with one attached hydrogen (secondary N) is 1. The molecule has 1 unspecified atom stereocenters. The second kappa shape index (κ2) is 11.2. The summed E-state index contributed by atoms with van der Waals surface area (Å²) in [6, 6.07) is 12.1. The van der Waals surface area contributed by atoms with Crippen LogP contribution < -0.4 is 19.1 Å². The summed E-state index contributed by atoms with van der Waals surface area (Å²) in [6.07, 6.45) is 1.71. The summed E-state index contributed by atoms with van der Waals surface area (Å²) in [4.78, 5) is 12.3. The van der Waals surface area contributed by atoms with Crippen LogP contribution in [0.1, 0.15) is 25.3 Å². The summed E-state index contributed by atoms with van der Waals surface area (Å²) < 4.78 is 36.6. The van der Waals surface area contributed by atoms with Crippen LogP contribution in [0.2, 0.25) is 5.02 Å². The molecule has 2 aromatic rings. The van der Waals surface area contributed by atoms with Gasteiger partial charge in [0.1, 0.15) is 18.1 Å². The van der Waals surface area contributed by atoms with Gasteiger partial charge < -0.3 is 14.8 Å². The molecule has 0 bridgehead atoms. The van der Waals surface area contributed by atoms with Gasteiger partial charge in [0.25, 0.3) is 0 Å². The van der Waals surface area contributed by atoms with E-state index in [1.54, 1.807) is 56.5 Å². The van der Waals surface area contributed by atoms with Crippen LogP contribution in [0.15, 0.2) is 42.5 Å². The van der Waals surface area contributed by atoms with Gasteiger partial charge in [-0.2, -0.15) is 0 Å². The monoisotopic (exact) mass is 468 g/mol. The number of anilines is 1. The second-order valence-corrected chi connectivity index (χ2v) is 9.59. The molecule has 0 saturated heterocycles. The fourth-order valence-electron chi connectivity index (χ4n) is 3.00. The van der Waals surface area contributed by atoms with Gasteiger partial charge in [-0.05, 0) is 62.2 Å². The van der Waals surface area contributed by atoms with Gasteiger partial charge in [0, 0.05) is 18.0 Å². The van der Waals surface area contributed by atoms with Crippen molar-refractivity contribution in [3.63, 3.8) is 0 Å². The normalized spacial score (nSPS) is 12.2. The van der Waals surface area contributed by atoms with E-state index in [2.05, 4.69) is 5.32 Å². The van der Waals surface area contributed by atoms with Gasteiger partial charge >= 0.3 is 0 Å². The minimum Gasteiger partial charge on any atom is -0.497 e. The fourth-order valence-corrected chi connectivity index (χ4v) is 4.18. The minimum atomic E-state index is -3.51. The fraction of sp³-hybridized carbons (Fsp3) is 0.409. The number of benzene rings is 2. The number of hydrogen-bond acceptors (Lipinski definition) is 5. The lowest BCUT2D eigenvalue weighted by Crippen LogP contribution is -2.37. The van der Waals surface area contributed by atoms with Crippen LogP contribution in [0.4, 0.5) is 5.69 Å². The zero-order valence-corrected chi connectivity index (χ0v) is 19.8. The minimum absolute atomic E-state index is 0.165. The van der Waals surface area contributed by atoms with Crippen molar-refractivity contribution in [3.8, 4) is 11.5 Å². The molecule has 31 heavy (non-hydrogen) atoms. The number of hydrogen-bond donors (Lipinski definition) is 1. The smallest absolute Gasteiger partial charge is 0.232 e. The van der Waals surface area contributed by atoms with Crippen LogP contribution >= 0.6 is 11.6 Å². The van der Waals surface area contributed by atoms with Crippen molar-refractivity contribution in [3.05, 3.63) is 53.1 Å². The highest BCUT2D eigenvalue weighted by molar-refractivity contribution is 7.92. The van der Waals surface area contributed by atoms with Crippen molar-refractivity contribution in [2.24, 2.45) is 0 Å². The third-order valence-electron chi connectivity index (χ3n) is 4.64. The first-order valence-corrected chi connectivity index (χ1v) is 12.1. The molecule has 9 heteroatoms. The molecule has 0 saturated carbocycles. The molecule has 7 nitrogen and oxygen atoms in total. The largest absolute Gasteiger partial charge is 0.497 e. The molecular weight excluding hydrogens is 440 g/mol. The Morgan fingerprint density at radius 2 is 1.81 bits per heavy atom. The van der Waals surface area contributed by atoms with Crippen molar-refractivity contribution in [2.45, 2.75) is 32.7 Å². The average molecular weight is 469 g/mol. The van der Waals surface area contributed by atoms with Crippen molar-refractivity contribution in [1.82, 2.24) is 5.32 Å². The summed E-state index contributed by atoms with van der Waals surface area (Å²) in [5.41, 5.74) is 1.21. The SMILES string of the molecule is COc1ccc(OCC(C)NC(=O)CCCN(c2cccc(Cl)c2C)S(C)(=O)=O)cc1. The van der Waals surface area contributed by atoms with Crippen LogP contribution in [0, 0.1) is 6.92 Å². The highest BCUT2D eigenvalue weighted by atomic mass is 35.5. The predicted molar refractivity (Wildman–Crippen MR) is 124 cm³/mol. The summed E-state index contributed by atoms with van der Waals surface area (Å²) in [7, 11) is -1.91. The number of amides is 1. The number of halogens is 1. The molecule has 2 aromatic carbocycles. The van der Waals surface area contributed by atoms with Gasteiger partial charge in [0.05, 0.1) is 25.1 Å². The van der Waals surface area contributed by atoms with E-state index in [-0.39, 0.29) is 24.9 Å². The highest BCUT2D eigenvalue weighted by Gasteiger charge is 2.20. The standard InChI is InChI=1S/C22H29ClN2O5S/c1-16(15-30-19-12-10-18(29-3)11-13-19)24-22(26)9-6-14-25(31(4,27)28)21-8-5-7-20(23)17(21)2/h5,7-8,10-13,16H,6,9,14-15H2,1-4H3,(H,24,26). The lowest BCUT2D eigenvalue weighted by Gasteiger charge is -2.24. The Morgan fingerprint density at radius 3 is 2.42 bits per heavy atom. The van der Waals surface area contributed by atoms with Crippen LogP contribution in [0.5, 0.6) is 11.5 Å². The predicted octanol–water partition coefficient (Wildman–Crippen LogP) is 3.79. The number of carbonyl (C=O) groups is 1. The van der Waals surface area contributed by atoms with Crippen molar-refractivity contribution in [1.29, 1.82) is 0 Å². The third kappa shape index (κ3) is 7.63. The number of carbonyl (C=O) groups excluding carboxylic acids is 1. The topological polar surface area (TPSA) is 84.9 Å².